The average Bonchev–Trinajstić information content (AvgIpc) is 3.86. The predicted octanol–water partition coefficient (Wildman–Crippen LogP) is 0.429. The van der Waals surface area contributed by atoms with Gasteiger partial charge < -0.3 is 33.1 Å². The fourth-order valence-electron chi connectivity index (χ4n) is 8.50. The van der Waals surface area contributed by atoms with Crippen LogP contribution in [0.15, 0.2) is 73.6 Å². The molecule has 0 bridgehead atoms. The minimum atomic E-state index is -5.02. The number of aromatic nitrogens is 4. The molecule has 2 aliphatic carbocycles. The number of aliphatic hydroxyl groups excluding tert-OH is 1. The summed E-state index contributed by atoms with van der Waals surface area (Å²) in [6.07, 6.45) is 19.3. The quantitative estimate of drug-likeness (QED) is 0.210. The molecule has 4 aliphatic rings. The average molecular weight is 689 g/mol. The zero-order valence-electron chi connectivity index (χ0n) is 28.2. The van der Waals surface area contributed by atoms with E-state index in [2.05, 4.69) is 49.4 Å². The third-order valence-corrected chi connectivity index (χ3v) is 11.3. The number of benzene rings is 2. The van der Waals surface area contributed by atoms with Gasteiger partial charge in [0.25, 0.3) is 0 Å². The Morgan fingerprint density at radius 3 is 1.69 bits per heavy atom. The molecule has 0 saturated heterocycles. The largest absolute Gasteiger partial charge is 1.00 e. The molecular formula is C36H43N4Na2O5P. The van der Waals surface area contributed by atoms with E-state index in [4.69, 9.17) is 4.52 Å². The van der Waals surface area contributed by atoms with E-state index in [0.717, 1.165) is 55.3 Å². The SMILES string of the molecule is O=P([O-])([O-])OC(CC1c2ccccc2-c2cncn21)C1CCCCC1.OC(CC1c2ccccc2-c2cncn21)C1CCCCC1.[Na+].[Na+]. The van der Waals surface area contributed by atoms with Crippen molar-refractivity contribution in [1.29, 1.82) is 0 Å². The Bertz CT molecular complexity index is 1680. The van der Waals surface area contributed by atoms with Gasteiger partial charge in [0.1, 0.15) is 0 Å². The number of hydrogen-bond acceptors (Lipinski definition) is 7. The number of imidazole rings is 2. The van der Waals surface area contributed by atoms with Crippen molar-refractivity contribution in [3.05, 3.63) is 84.7 Å². The van der Waals surface area contributed by atoms with Crippen molar-refractivity contribution in [1.82, 2.24) is 19.1 Å². The van der Waals surface area contributed by atoms with Crippen molar-refractivity contribution in [2.45, 2.75) is 101 Å². The van der Waals surface area contributed by atoms with Gasteiger partial charge in [-0.05, 0) is 61.5 Å². The second-order valence-corrected chi connectivity index (χ2v) is 14.6. The first-order chi connectivity index (χ1) is 22.4. The summed E-state index contributed by atoms with van der Waals surface area (Å²) in [5, 5.41) is 10.7. The molecule has 12 heteroatoms. The van der Waals surface area contributed by atoms with Crippen molar-refractivity contribution < 1.29 is 83.1 Å². The van der Waals surface area contributed by atoms with E-state index in [0.29, 0.717) is 12.3 Å². The van der Waals surface area contributed by atoms with Crippen molar-refractivity contribution in [3.8, 4) is 22.5 Å². The normalized spacial score (nSPS) is 21.3. The molecule has 2 saturated carbocycles. The molecule has 8 rings (SSSR count). The predicted molar refractivity (Wildman–Crippen MR) is 172 cm³/mol. The van der Waals surface area contributed by atoms with Gasteiger partial charge in [0.2, 0.25) is 0 Å². The first-order valence-electron chi connectivity index (χ1n) is 17.0. The van der Waals surface area contributed by atoms with Crippen LogP contribution in [0.1, 0.15) is 100 Å². The van der Waals surface area contributed by atoms with Gasteiger partial charge in [-0.3, -0.25) is 0 Å². The molecule has 2 aromatic carbocycles. The van der Waals surface area contributed by atoms with E-state index in [9.17, 15) is 19.5 Å². The summed E-state index contributed by atoms with van der Waals surface area (Å²) in [4.78, 5) is 31.2. The first kappa shape index (κ1) is 38.2. The summed E-state index contributed by atoms with van der Waals surface area (Å²) in [7, 11) is -5.02. The van der Waals surface area contributed by atoms with E-state index >= 15 is 0 Å². The maximum atomic E-state index is 11.3. The second kappa shape index (κ2) is 17.0. The molecule has 0 amide bonds. The Kier molecular flexibility index (Phi) is 13.5. The Morgan fingerprint density at radius 1 is 0.729 bits per heavy atom. The summed E-state index contributed by atoms with van der Waals surface area (Å²) in [5.74, 6) is 0.600. The van der Waals surface area contributed by atoms with Crippen LogP contribution in [-0.2, 0) is 9.09 Å². The van der Waals surface area contributed by atoms with Gasteiger partial charge in [-0.2, -0.15) is 0 Å². The number of nitrogens with zero attached hydrogens (tertiary/aromatic N) is 4. The molecule has 244 valence electrons. The van der Waals surface area contributed by atoms with E-state index in [1.54, 1.807) is 6.33 Å². The molecule has 0 spiro atoms. The zero-order valence-corrected chi connectivity index (χ0v) is 33.1. The number of fused-ring (bicyclic) bond motifs is 6. The van der Waals surface area contributed by atoms with Gasteiger partial charge in [-0.1, -0.05) is 87.1 Å². The van der Waals surface area contributed by atoms with Gasteiger partial charge >= 0.3 is 59.1 Å². The fourth-order valence-corrected chi connectivity index (χ4v) is 9.09. The van der Waals surface area contributed by atoms with Gasteiger partial charge in [-0.25, -0.2) is 9.97 Å². The summed E-state index contributed by atoms with van der Waals surface area (Å²) in [6.45, 7) is 0. The topological polar surface area (TPSA) is 128 Å². The Morgan fingerprint density at radius 2 is 1.19 bits per heavy atom. The van der Waals surface area contributed by atoms with Crippen LogP contribution in [0.3, 0.4) is 0 Å². The molecule has 4 aromatic rings. The molecule has 48 heavy (non-hydrogen) atoms. The molecule has 2 aromatic heterocycles. The van der Waals surface area contributed by atoms with Crippen LogP contribution in [0.4, 0.5) is 0 Å². The fraction of sp³-hybridized carbons (Fsp3) is 0.500. The molecular weight excluding hydrogens is 645 g/mol. The zero-order chi connectivity index (χ0) is 31.7. The molecule has 4 unspecified atom stereocenters. The summed E-state index contributed by atoms with van der Waals surface area (Å²) < 4.78 is 20.7. The van der Waals surface area contributed by atoms with Crippen molar-refractivity contribution in [3.63, 3.8) is 0 Å². The van der Waals surface area contributed by atoms with Crippen LogP contribution >= 0.6 is 7.82 Å². The van der Waals surface area contributed by atoms with Crippen molar-refractivity contribution in [2.24, 2.45) is 11.8 Å². The number of phosphoric acid groups is 1. The third-order valence-electron chi connectivity index (χ3n) is 10.7. The van der Waals surface area contributed by atoms with Crippen LogP contribution in [0.25, 0.3) is 22.5 Å². The molecule has 4 heterocycles. The molecule has 9 nitrogen and oxygen atoms in total. The van der Waals surface area contributed by atoms with Crippen LogP contribution in [-0.4, -0.2) is 36.4 Å². The maximum Gasteiger partial charge on any atom is 1.00 e. The standard InChI is InChI=1S/C18H23N2O4P.C18H22N2O.2Na/c21-25(22,23)24-18(13-6-2-1-3-7-13)10-16-14-8-4-5-9-15(14)17-11-19-12-20(16)17;21-18(13-6-2-1-3-7-13)10-16-14-8-4-5-9-15(14)17-11-19-12-20(16)17;;/h4-5,8-9,11-13,16,18H,1-3,6-7,10H2,(H2,21,22,23);4-5,8-9,11-13,16,18,21H,1-3,6-7,10H2;;/q;;2*+1/p-2. The van der Waals surface area contributed by atoms with Gasteiger partial charge in [0, 0.05) is 11.1 Å². The third kappa shape index (κ3) is 8.35. The van der Waals surface area contributed by atoms with Crippen molar-refractivity contribution in [2.75, 3.05) is 0 Å². The van der Waals surface area contributed by atoms with Gasteiger partial charge in [0.15, 0.2) is 0 Å². The molecule has 2 aliphatic heterocycles. The number of hydrogen-bond donors (Lipinski definition) is 1. The monoisotopic (exact) mass is 688 g/mol. The van der Waals surface area contributed by atoms with Crippen LogP contribution in [0.5, 0.6) is 0 Å². The molecule has 2 fully saturated rings. The van der Waals surface area contributed by atoms with E-state index in [-0.39, 0.29) is 83.2 Å². The molecule has 1 N–H and O–H groups in total. The van der Waals surface area contributed by atoms with E-state index < -0.39 is 13.9 Å². The summed E-state index contributed by atoms with van der Waals surface area (Å²) in [5.41, 5.74) is 7.07. The summed E-state index contributed by atoms with van der Waals surface area (Å²) >= 11 is 0. The second-order valence-electron chi connectivity index (χ2n) is 13.5. The Hall–Kier alpha value is -1.07. The smallest absolute Gasteiger partial charge is 0.790 e. The van der Waals surface area contributed by atoms with E-state index in [1.807, 2.05) is 36.9 Å². The van der Waals surface area contributed by atoms with Crippen LogP contribution < -0.4 is 68.9 Å². The van der Waals surface area contributed by atoms with Crippen LogP contribution in [0, 0.1) is 11.8 Å². The number of aliphatic hydroxyl groups is 1. The number of rotatable bonds is 8. The first-order valence-corrected chi connectivity index (χ1v) is 18.4. The molecule has 0 radical (unpaired) electrons. The minimum Gasteiger partial charge on any atom is -0.790 e. The van der Waals surface area contributed by atoms with Crippen LogP contribution in [0.2, 0.25) is 0 Å². The van der Waals surface area contributed by atoms with Crippen molar-refractivity contribution >= 4 is 7.82 Å². The van der Waals surface area contributed by atoms with E-state index in [1.165, 1.54) is 48.9 Å². The maximum absolute atomic E-state index is 11.3. The summed E-state index contributed by atoms with van der Waals surface area (Å²) in [6, 6.07) is 16.8. The minimum absolute atomic E-state index is 0. The number of phosphoric ester groups is 1. The van der Waals surface area contributed by atoms with Gasteiger partial charge in [0.05, 0.1) is 68.6 Å². The Labute approximate surface area is 327 Å². The van der Waals surface area contributed by atoms with Gasteiger partial charge in [-0.15, -0.1) is 0 Å². The molecule has 4 atom stereocenters. The Balaban J connectivity index is 0.000000183.